The lowest BCUT2D eigenvalue weighted by molar-refractivity contribution is -0.115. The molecule has 8 nitrogen and oxygen atoms in total. The quantitative estimate of drug-likeness (QED) is 0.528. The van der Waals surface area contributed by atoms with Crippen LogP contribution in [0, 0.1) is 6.92 Å². The predicted molar refractivity (Wildman–Crippen MR) is 124 cm³/mol. The molecule has 4 rings (SSSR count). The molecule has 3 aromatic rings. The molecule has 1 aromatic carbocycles. The van der Waals surface area contributed by atoms with Crippen LogP contribution in [0.3, 0.4) is 0 Å². The molecule has 2 aromatic heterocycles. The number of amides is 2. The van der Waals surface area contributed by atoms with Crippen LogP contribution in [-0.2, 0) is 4.79 Å². The molecule has 31 heavy (non-hydrogen) atoms. The Morgan fingerprint density at radius 1 is 1.16 bits per heavy atom. The zero-order valence-electron chi connectivity index (χ0n) is 17.4. The van der Waals surface area contributed by atoms with Gasteiger partial charge in [-0.05, 0) is 50.3 Å². The van der Waals surface area contributed by atoms with Gasteiger partial charge in [-0.3, -0.25) is 14.2 Å². The van der Waals surface area contributed by atoms with Crippen LogP contribution in [0.1, 0.15) is 35.7 Å². The lowest BCUT2D eigenvalue weighted by Crippen LogP contribution is -2.24. The molecular formula is C21H24N6O2S2. The molecule has 1 atom stereocenters. The fraction of sp³-hybridized carbons (Fsp3) is 0.333. The van der Waals surface area contributed by atoms with Gasteiger partial charge in [0.2, 0.25) is 11.9 Å². The summed E-state index contributed by atoms with van der Waals surface area (Å²) in [7, 11) is 0. The number of primary amides is 1. The van der Waals surface area contributed by atoms with Crippen molar-refractivity contribution in [3.8, 4) is 5.69 Å². The van der Waals surface area contributed by atoms with Gasteiger partial charge in [-0.25, -0.2) is 0 Å². The molecule has 10 heteroatoms. The number of hydrogen-bond acceptors (Lipinski definition) is 7. The van der Waals surface area contributed by atoms with Gasteiger partial charge in [0, 0.05) is 13.1 Å². The lowest BCUT2D eigenvalue weighted by Gasteiger charge is -2.19. The number of nitrogens with zero attached hydrogens (tertiary/aromatic N) is 4. The van der Waals surface area contributed by atoms with Crippen molar-refractivity contribution < 1.29 is 9.59 Å². The zero-order chi connectivity index (χ0) is 22.0. The van der Waals surface area contributed by atoms with E-state index in [2.05, 4.69) is 32.5 Å². The third-order valence-electron chi connectivity index (χ3n) is 5.12. The molecule has 0 saturated carbocycles. The number of thiophene rings is 1. The number of aromatic nitrogens is 3. The topological polar surface area (TPSA) is 106 Å². The van der Waals surface area contributed by atoms with E-state index in [9.17, 15) is 9.59 Å². The summed E-state index contributed by atoms with van der Waals surface area (Å²) in [4.78, 5) is 26.6. The normalized spacial score (nSPS) is 14.6. The predicted octanol–water partition coefficient (Wildman–Crippen LogP) is 3.46. The molecule has 3 heterocycles. The molecule has 1 unspecified atom stereocenters. The van der Waals surface area contributed by atoms with Gasteiger partial charge in [0.1, 0.15) is 5.00 Å². The summed E-state index contributed by atoms with van der Waals surface area (Å²) in [5.41, 5.74) is 7.82. The van der Waals surface area contributed by atoms with E-state index in [4.69, 9.17) is 5.73 Å². The first-order valence-corrected chi connectivity index (χ1v) is 11.8. The molecule has 1 aliphatic rings. The van der Waals surface area contributed by atoms with Gasteiger partial charge in [0.15, 0.2) is 5.16 Å². The van der Waals surface area contributed by atoms with Crippen LogP contribution in [0.25, 0.3) is 5.69 Å². The lowest BCUT2D eigenvalue weighted by atomic mass is 10.2. The highest BCUT2D eigenvalue weighted by molar-refractivity contribution is 8.00. The molecular weight excluding hydrogens is 432 g/mol. The third kappa shape index (κ3) is 4.59. The maximum Gasteiger partial charge on any atom is 0.251 e. The van der Waals surface area contributed by atoms with Crippen LogP contribution in [0.2, 0.25) is 0 Å². The first-order chi connectivity index (χ1) is 14.9. The summed E-state index contributed by atoms with van der Waals surface area (Å²) in [6, 6.07) is 9.79. The smallest absolute Gasteiger partial charge is 0.251 e. The second kappa shape index (κ2) is 9.11. The number of thioether (sulfide) groups is 1. The van der Waals surface area contributed by atoms with Crippen molar-refractivity contribution in [3.05, 3.63) is 46.8 Å². The maximum absolute atomic E-state index is 12.8. The molecule has 0 aliphatic carbocycles. The number of carbonyl (C=O) groups excluding carboxylic acids is 2. The molecule has 162 valence electrons. The minimum absolute atomic E-state index is 0.226. The van der Waals surface area contributed by atoms with Crippen molar-refractivity contribution in [3.63, 3.8) is 0 Å². The van der Waals surface area contributed by atoms with Gasteiger partial charge in [0.05, 0.1) is 16.5 Å². The van der Waals surface area contributed by atoms with Crippen LogP contribution in [0.15, 0.2) is 40.9 Å². The SMILES string of the molecule is Cc1ccc(-n2c(SC(C)C(=O)Nc3sccc3C(N)=O)nnc2N2CCCC2)cc1. The summed E-state index contributed by atoms with van der Waals surface area (Å²) < 4.78 is 2.01. The summed E-state index contributed by atoms with van der Waals surface area (Å²) in [6.45, 7) is 5.74. The molecule has 0 radical (unpaired) electrons. The highest BCUT2D eigenvalue weighted by Crippen LogP contribution is 2.32. The Morgan fingerprint density at radius 3 is 2.55 bits per heavy atom. The van der Waals surface area contributed by atoms with Crippen molar-refractivity contribution >= 4 is 45.9 Å². The van der Waals surface area contributed by atoms with Crippen molar-refractivity contribution in [2.75, 3.05) is 23.3 Å². The fourth-order valence-electron chi connectivity index (χ4n) is 3.41. The Kier molecular flexibility index (Phi) is 6.28. The number of nitrogens with two attached hydrogens (primary N) is 1. The van der Waals surface area contributed by atoms with E-state index in [1.54, 1.807) is 18.4 Å². The number of aryl methyl sites for hydroxylation is 1. The van der Waals surface area contributed by atoms with Crippen LogP contribution >= 0.6 is 23.1 Å². The van der Waals surface area contributed by atoms with Gasteiger partial charge in [-0.1, -0.05) is 29.5 Å². The van der Waals surface area contributed by atoms with Gasteiger partial charge >= 0.3 is 0 Å². The van der Waals surface area contributed by atoms with Crippen molar-refractivity contribution in [1.29, 1.82) is 0 Å². The molecule has 3 N–H and O–H groups in total. The van der Waals surface area contributed by atoms with Crippen molar-refractivity contribution in [1.82, 2.24) is 14.8 Å². The highest BCUT2D eigenvalue weighted by Gasteiger charge is 2.26. The average molecular weight is 457 g/mol. The minimum Gasteiger partial charge on any atom is -0.366 e. The largest absolute Gasteiger partial charge is 0.366 e. The summed E-state index contributed by atoms with van der Waals surface area (Å²) in [5, 5.41) is 14.0. The number of carbonyl (C=O) groups is 2. The Bertz CT molecular complexity index is 1090. The molecule has 0 bridgehead atoms. The van der Waals surface area contributed by atoms with Crippen LogP contribution in [0.4, 0.5) is 10.9 Å². The zero-order valence-corrected chi connectivity index (χ0v) is 19.0. The van der Waals surface area contributed by atoms with E-state index in [1.807, 2.05) is 23.6 Å². The molecule has 1 aliphatic heterocycles. The van der Waals surface area contributed by atoms with E-state index in [0.717, 1.165) is 37.6 Å². The number of rotatable bonds is 7. The Labute approximate surface area is 188 Å². The Balaban J connectivity index is 1.58. The van der Waals surface area contributed by atoms with E-state index >= 15 is 0 Å². The van der Waals surface area contributed by atoms with E-state index in [0.29, 0.717) is 15.7 Å². The number of hydrogen-bond donors (Lipinski definition) is 2. The number of benzene rings is 1. The fourth-order valence-corrected chi connectivity index (χ4v) is 5.06. The summed E-state index contributed by atoms with van der Waals surface area (Å²) in [5.74, 6) is 0.00749. The first kappa shape index (κ1) is 21.4. The number of anilines is 2. The summed E-state index contributed by atoms with van der Waals surface area (Å²) in [6.07, 6.45) is 2.26. The molecule has 2 amide bonds. The van der Waals surface area contributed by atoms with Crippen LogP contribution < -0.4 is 16.0 Å². The third-order valence-corrected chi connectivity index (χ3v) is 6.99. The Hall–Kier alpha value is -2.85. The second-order valence-corrected chi connectivity index (χ2v) is 9.65. The average Bonchev–Trinajstić information content (AvgIpc) is 3.49. The van der Waals surface area contributed by atoms with Crippen molar-refractivity contribution in [2.45, 2.75) is 37.1 Å². The van der Waals surface area contributed by atoms with Gasteiger partial charge in [-0.2, -0.15) is 0 Å². The van der Waals surface area contributed by atoms with Crippen LogP contribution in [0.5, 0.6) is 0 Å². The second-order valence-electron chi connectivity index (χ2n) is 7.42. The first-order valence-electron chi connectivity index (χ1n) is 10.1. The van der Waals surface area contributed by atoms with Gasteiger partial charge < -0.3 is 16.0 Å². The molecule has 1 fully saturated rings. The van der Waals surface area contributed by atoms with Crippen LogP contribution in [-0.4, -0.2) is 44.9 Å². The summed E-state index contributed by atoms with van der Waals surface area (Å²) >= 11 is 2.60. The monoisotopic (exact) mass is 456 g/mol. The van der Waals surface area contributed by atoms with E-state index in [1.165, 1.54) is 28.7 Å². The standard InChI is InChI=1S/C21H24N6O2S2/c1-13-5-7-15(8-6-13)27-20(26-10-3-4-11-26)24-25-21(27)31-14(2)18(29)23-19-16(17(22)28)9-12-30-19/h5-9,12,14H,3-4,10-11H2,1-2H3,(H2,22,28)(H,23,29). The van der Waals surface area contributed by atoms with Crippen molar-refractivity contribution in [2.24, 2.45) is 5.73 Å². The maximum atomic E-state index is 12.8. The minimum atomic E-state index is -0.564. The highest BCUT2D eigenvalue weighted by atomic mass is 32.2. The Morgan fingerprint density at radius 2 is 1.87 bits per heavy atom. The van der Waals surface area contributed by atoms with E-state index in [-0.39, 0.29) is 5.91 Å². The van der Waals surface area contributed by atoms with Gasteiger partial charge in [0.25, 0.3) is 5.91 Å². The molecule has 1 saturated heterocycles. The number of nitrogens with one attached hydrogen (secondary N) is 1. The van der Waals surface area contributed by atoms with E-state index < -0.39 is 11.2 Å². The van der Waals surface area contributed by atoms with Gasteiger partial charge in [-0.15, -0.1) is 21.5 Å². The molecule has 0 spiro atoms.